The normalized spacial score (nSPS) is 24.6. The molecule has 0 unspecified atom stereocenters. The molecule has 0 spiro atoms. The Morgan fingerprint density at radius 3 is 2.00 bits per heavy atom. The van der Waals surface area contributed by atoms with Gasteiger partial charge in [-0.25, -0.2) is 0 Å². The van der Waals surface area contributed by atoms with Crippen molar-refractivity contribution in [2.45, 2.75) is 10.9 Å². The minimum atomic E-state index is -4.36. The molecule has 126 valence electrons. The molecule has 0 saturated heterocycles. The maximum atomic E-state index is 11.5. The lowest BCUT2D eigenvalue weighted by Gasteiger charge is -2.38. The summed E-state index contributed by atoms with van der Waals surface area (Å²) in [6.07, 6.45) is 2.52. The third-order valence-electron chi connectivity index (χ3n) is 3.76. The van der Waals surface area contributed by atoms with Crippen molar-refractivity contribution < 1.29 is 27.2 Å². The Kier molecular flexibility index (Phi) is 4.69. The molecular weight excluding hydrogens is 322 g/mol. The highest BCUT2D eigenvalue weighted by atomic mass is 32.2. The molecule has 7 nitrogen and oxygen atoms in total. The summed E-state index contributed by atoms with van der Waals surface area (Å²) in [5.41, 5.74) is 5.68. The summed E-state index contributed by atoms with van der Waals surface area (Å²) < 4.78 is 48.7. The molecule has 0 bridgehead atoms. The van der Waals surface area contributed by atoms with Gasteiger partial charge in [-0.15, -0.1) is 0 Å². The van der Waals surface area contributed by atoms with Crippen LogP contribution in [0.1, 0.15) is 5.56 Å². The molecule has 3 N–H and O–H groups in total. The summed E-state index contributed by atoms with van der Waals surface area (Å²) in [5.74, 6) is 0.305. The highest BCUT2D eigenvalue weighted by Gasteiger charge is 2.48. The summed E-state index contributed by atoms with van der Waals surface area (Å²) in [7, 11) is -0.185. The van der Waals surface area contributed by atoms with Crippen LogP contribution in [0.15, 0.2) is 47.9 Å². The number of ether oxygens (including phenoxy) is 3. The summed E-state index contributed by atoms with van der Waals surface area (Å²) in [6.45, 7) is 0. The van der Waals surface area contributed by atoms with Gasteiger partial charge in [0.05, 0.1) is 14.2 Å². The molecule has 1 aliphatic rings. The van der Waals surface area contributed by atoms with E-state index in [1.165, 1.54) is 33.5 Å². The molecule has 23 heavy (non-hydrogen) atoms. The fourth-order valence-corrected chi connectivity index (χ4v) is 3.28. The number of nitrogen functional groups attached to an aromatic ring is 1. The van der Waals surface area contributed by atoms with Gasteiger partial charge in [-0.1, -0.05) is 18.2 Å². The Morgan fingerprint density at radius 1 is 1.09 bits per heavy atom. The molecule has 2 rings (SSSR count). The van der Waals surface area contributed by atoms with Crippen molar-refractivity contribution in [2.75, 3.05) is 27.1 Å². The second kappa shape index (κ2) is 6.23. The van der Waals surface area contributed by atoms with Crippen LogP contribution in [0.3, 0.4) is 0 Å². The van der Waals surface area contributed by atoms with Gasteiger partial charge in [0.1, 0.15) is 16.8 Å². The Balaban J connectivity index is 2.76. The van der Waals surface area contributed by atoms with Crippen LogP contribution >= 0.6 is 0 Å². The third-order valence-corrected chi connectivity index (χ3v) is 4.72. The highest BCUT2D eigenvalue weighted by Crippen LogP contribution is 2.46. The Hall–Kier alpha value is -2.03. The molecule has 1 aliphatic carbocycles. The first kappa shape index (κ1) is 17.3. The van der Waals surface area contributed by atoms with E-state index in [0.717, 1.165) is 0 Å². The lowest BCUT2D eigenvalue weighted by atomic mass is 9.84. The van der Waals surface area contributed by atoms with Crippen molar-refractivity contribution in [2.24, 2.45) is 0 Å². The van der Waals surface area contributed by atoms with E-state index in [1.54, 1.807) is 24.3 Å². The molecule has 0 aliphatic heterocycles. The van der Waals surface area contributed by atoms with E-state index >= 15 is 0 Å². The van der Waals surface area contributed by atoms with Crippen molar-refractivity contribution in [1.29, 1.82) is 0 Å². The van der Waals surface area contributed by atoms with E-state index in [2.05, 4.69) is 0 Å². The van der Waals surface area contributed by atoms with Crippen molar-refractivity contribution >= 4 is 15.8 Å². The van der Waals surface area contributed by atoms with E-state index in [-0.39, 0.29) is 11.5 Å². The first-order valence-electron chi connectivity index (χ1n) is 6.70. The fourth-order valence-electron chi connectivity index (χ4n) is 2.69. The zero-order valence-electron chi connectivity index (χ0n) is 13.0. The largest absolute Gasteiger partial charge is 0.497 e. The number of benzene rings is 1. The maximum Gasteiger partial charge on any atom is 0.275 e. The Labute approximate surface area is 135 Å². The molecule has 0 atom stereocenters. The second-order valence-corrected chi connectivity index (χ2v) is 6.50. The number of nitrogens with two attached hydrogens (primary N) is 1. The van der Waals surface area contributed by atoms with Crippen LogP contribution in [0.4, 0.5) is 5.69 Å². The van der Waals surface area contributed by atoms with Crippen LogP contribution in [-0.4, -0.2) is 39.5 Å². The summed E-state index contributed by atoms with van der Waals surface area (Å²) in [5, 5.41) is -1.30. The third kappa shape index (κ3) is 2.80. The van der Waals surface area contributed by atoms with Gasteiger partial charge in [-0.2, -0.15) is 8.42 Å². The van der Waals surface area contributed by atoms with E-state index in [9.17, 15) is 13.0 Å². The number of para-hydroxylation sites is 1. The SMILES string of the molecule is COC1=CC(S(=O)(=O)O)C=C(OC)C1(OC)c1ccccc1N. The van der Waals surface area contributed by atoms with E-state index < -0.39 is 21.0 Å². The van der Waals surface area contributed by atoms with E-state index in [4.69, 9.17) is 19.9 Å². The molecule has 0 fully saturated rings. The fraction of sp³-hybridized carbons (Fsp3) is 0.333. The van der Waals surface area contributed by atoms with Crippen LogP contribution in [0.25, 0.3) is 0 Å². The molecule has 0 radical (unpaired) electrons. The Morgan fingerprint density at radius 2 is 1.61 bits per heavy atom. The van der Waals surface area contributed by atoms with Crippen molar-refractivity contribution in [3.05, 3.63) is 53.5 Å². The molecule has 0 amide bonds. The van der Waals surface area contributed by atoms with Gasteiger partial charge in [0.2, 0.25) is 5.60 Å². The predicted molar refractivity (Wildman–Crippen MR) is 85.1 cm³/mol. The first-order chi connectivity index (χ1) is 10.8. The van der Waals surface area contributed by atoms with Gasteiger partial charge >= 0.3 is 0 Å². The van der Waals surface area contributed by atoms with Gasteiger partial charge in [0.25, 0.3) is 10.1 Å². The number of rotatable bonds is 5. The number of hydrogen-bond acceptors (Lipinski definition) is 6. The van der Waals surface area contributed by atoms with Gasteiger partial charge in [0.15, 0.2) is 0 Å². The van der Waals surface area contributed by atoms with Gasteiger partial charge in [-0.3, -0.25) is 4.55 Å². The monoisotopic (exact) mass is 341 g/mol. The van der Waals surface area contributed by atoms with E-state index in [0.29, 0.717) is 11.3 Å². The Bertz CT molecular complexity index is 731. The topological polar surface area (TPSA) is 108 Å². The van der Waals surface area contributed by atoms with Crippen LogP contribution in [0, 0.1) is 0 Å². The molecular formula is C15H19NO6S. The standard InChI is InChI=1S/C15H19NO6S/c1-20-13-8-10(23(17,18)19)9-14(21-2)15(13,22-3)11-6-4-5-7-12(11)16/h4-10H,16H2,1-3H3,(H,17,18,19). The van der Waals surface area contributed by atoms with E-state index in [1.807, 2.05) is 0 Å². The van der Waals surface area contributed by atoms with Gasteiger partial charge < -0.3 is 19.9 Å². The smallest absolute Gasteiger partial charge is 0.275 e. The number of hydrogen-bond donors (Lipinski definition) is 2. The van der Waals surface area contributed by atoms with Crippen molar-refractivity contribution in [3.8, 4) is 0 Å². The molecule has 1 aromatic rings. The van der Waals surface area contributed by atoms with Gasteiger partial charge in [-0.05, 0) is 18.2 Å². The summed E-state index contributed by atoms with van der Waals surface area (Å²) in [6, 6.07) is 6.94. The maximum absolute atomic E-state index is 11.5. The average molecular weight is 341 g/mol. The zero-order valence-corrected chi connectivity index (χ0v) is 13.8. The quantitative estimate of drug-likeness (QED) is 0.616. The molecule has 1 aromatic carbocycles. The zero-order chi connectivity index (χ0) is 17.3. The molecule has 0 heterocycles. The summed E-state index contributed by atoms with van der Waals surface area (Å²) in [4.78, 5) is 0. The lowest BCUT2D eigenvalue weighted by Crippen LogP contribution is -2.40. The molecule has 0 saturated carbocycles. The lowest BCUT2D eigenvalue weighted by molar-refractivity contribution is -0.0328. The number of methoxy groups -OCH3 is 3. The van der Waals surface area contributed by atoms with Crippen molar-refractivity contribution in [1.82, 2.24) is 0 Å². The second-order valence-electron chi connectivity index (χ2n) is 4.92. The van der Waals surface area contributed by atoms with Crippen LogP contribution < -0.4 is 5.73 Å². The minimum Gasteiger partial charge on any atom is -0.497 e. The molecule has 0 aromatic heterocycles. The molecule has 8 heteroatoms. The average Bonchev–Trinajstić information content (AvgIpc) is 2.52. The minimum absolute atomic E-state index is 0.153. The van der Waals surface area contributed by atoms with Crippen LogP contribution in [0.5, 0.6) is 0 Å². The number of anilines is 1. The summed E-state index contributed by atoms with van der Waals surface area (Å²) >= 11 is 0. The van der Waals surface area contributed by atoms with Crippen LogP contribution in [0.2, 0.25) is 0 Å². The van der Waals surface area contributed by atoms with Gasteiger partial charge in [0, 0.05) is 18.4 Å². The highest BCUT2D eigenvalue weighted by molar-refractivity contribution is 7.86. The predicted octanol–water partition coefficient (Wildman–Crippen LogP) is 1.44. The van der Waals surface area contributed by atoms with Crippen molar-refractivity contribution in [3.63, 3.8) is 0 Å². The first-order valence-corrected chi connectivity index (χ1v) is 8.20. The van der Waals surface area contributed by atoms with Crippen LogP contribution in [-0.2, 0) is 29.9 Å².